The van der Waals surface area contributed by atoms with Crippen LogP contribution in [0.5, 0.6) is 0 Å². The summed E-state index contributed by atoms with van der Waals surface area (Å²) in [5.41, 5.74) is 7.84. The number of nitrogens with two attached hydrogens (primary N) is 1. The van der Waals surface area contributed by atoms with Crippen molar-refractivity contribution in [2.75, 3.05) is 10.5 Å². The third-order valence-electron chi connectivity index (χ3n) is 3.67. The molecule has 8 heteroatoms. The number of anilines is 2. The van der Waals surface area contributed by atoms with E-state index in [0.29, 0.717) is 10.6 Å². The normalized spacial score (nSPS) is 11.3. The molecule has 0 spiro atoms. The van der Waals surface area contributed by atoms with Crippen molar-refractivity contribution in [2.45, 2.75) is 11.8 Å². The van der Waals surface area contributed by atoms with Crippen LogP contribution in [0, 0.1) is 6.92 Å². The van der Waals surface area contributed by atoms with Crippen molar-refractivity contribution < 1.29 is 18.3 Å². The SMILES string of the molecule is Cc1cccc(S(=O)(=O)Nc2cc(-c3ccc(N)cc3)sc2C(=O)O)c1. The predicted octanol–water partition coefficient (Wildman–Crippen LogP) is 3.80. The van der Waals surface area contributed by atoms with Crippen LogP contribution in [-0.2, 0) is 10.0 Å². The number of aromatic carboxylic acids is 1. The minimum atomic E-state index is -3.89. The van der Waals surface area contributed by atoms with Crippen LogP contribution >= 0.6 is 11.3 Å². The second kappa shape index (κ2) is 6.81. The number of hydrogen-bond acceptors (Lipinski definition) is 5. The van der Waals surface area contributed by atoms with Crippen molar-refractivity contribution in [1.82, 2.24) is 0 Å². The van der Waals surface area contributed by atoms with Gasteiger partial charge in [0.05, 0.1) is 10.6 Å². The Morgan fingerprint density at radius 3 is 2.42 bits per heavy atom. The molecule has 1 aromatic heterocycles. The molecule has 0 fully saturated rings. The van der Waals surface area contributed by atoms with Gasteiger partial charge in [-0.25, -0.2) is 13.2 Å². The van der Waals surface area contributed by atoms with Gasteiger partial charge in [0.2, 0.25) is 0 Å². The van der Waals surface area contributed by atoms with Gasteiger partial charge in [-0.15, -0.1) is 11.3 Å². The molecule has 0 saturated carbocycles. The molecule has 0 aliphatic heterocycles. The number of thiophene rings is 1. The smallest absolute Gasteiger partial charge is 0.348 e. The third kappa shape index (κ3) is 3.71. The van der Waals surface area contributed by atoms with Gasteiger partial charge in [-0.1, -0.05) is 24.3 Å². The van der Waals surface area contributed by atoms with Gasteiger partial charge in [-0.3, -0.25) is 4.72 Å². The van der Waals surface area contributed by atoms with E-state index in [1.165, 1.54) is 18.2 Å². The molecule has 0 atom stereocenters. The zero-order chi connectivity index (χ0) is 18.9. The summed E-state index contributed by atoms with van der Waals surface area (Å²) in [6, 6.07) is 14.8. The van der Waals surface area contributed by atoms with Gasteiger partial charge in [-0.05, 0) is 48.4 Å². The lowest BCUT2D eigenvalue weighted by atomic mass is 10.2. The second-order valence-electron chi connectivity index (χ2n) is 5.70. The Morgan fingerprint density at radius 1 is 1.12 bits per heavy atom. The van der Waals surface area contributed by atoms with Crippen LogP contribution in [0.25, 0.3) is 10.4 Å². The van der Waals surface area contributed by atoms with Crippen molar-refractivity contribution in [1.29, 1.82) is 0 Å². The Bertz CT molecular complexity index is 1070. The van der Waals surface area contributed by atoms with Crippen LogP contribution in [0.15, 0.2) is 59.5 Å². The van der Waals surface area contributed by atoms with E-state index < -0.39 is 16.0 Å². The first kappa shape index (κ1) is 18.0. The standard InChI is InChI=1S/C18H16N2O4S2/c1-11-3-2-4-14(9-11)26(23,24)20-15-10-16(25-17(15)18(21)22)12-5-7-13(19)8-6-12/h2-10,20H,19H2,1H3,(H,21,22). The number of sulfonamides is 1. The van der Waals surface area contributed by atoms with Crippen LogP contribution in [-0.4, -0.2) is 19.5 Å². The maximum Gasteiger partial charge on any atom is 0.348 e. The third-order valence-corrected chi connectivity index (χ3v) is 6.20. The lowest BCUT2D eigenvalue weighted by Gasteiger charge is -2.08. The van der Waals surface area contributed by atoms with Gasteiger partial charge in [0, 0.05) is 10.6 Å². The molecule has 0 aliphatic carbocycles. The average Bonchev–Trinajstić information content (AvgIpc) is 2.99. The Hall–Kier alpha value is -2.84. The maximum absolute atomic E-state index is 12.6. The molecule has 0 saturated heterocycles. The molecule has 2 aromatic carbocycles. The van der Waals surface area contributed by atoms with E-state index in [2.05, 4.69) is 4.72 Å². The highest BCUT2D eigenvalue weighted by Crippen LogP contribution is 2.36. The molecule has 26 heavy (non-hydrogen) atoms. The van der Waals surface area contributed by atoms with Crippen LogP contribution in [0.4, 0.5) is 11.4 Å². The zero-order valence-corrected chi connectivity index (χ0v) is 15.4. The van der Waals surface area contributed by atoms with E-state index in [1.807, 2.05) is 0 Å². The second-order valence-corrected chi connectivity index (χ2v) is 8.44. The van der Waals surface area contributed by atoms with Crippen LogP contribution < -0.4 is 10.5 Å². The first-order valence-corrected chi connectivity index (χ1v) is 9.89. The predicted molar refractivity (Wildman–Crippen MR) is 103 cm³/mol. The number of carboxylic acids is 1. The number of rotatable bonds is 5. The summed E-state index contributed by atoms with van der Waals surface area (Å²) < 4.78 is 27.6. The molecule has 1 heterocycles. The molecular formula is C18H16N2O4S2. The van der Waals surface area contributed by atoms with Crippen LogP contribution in [0.2, 0.25) is 0 Å². The summed E-state index contributed by atoms with van der Waals surface area (Å²) in [7, 11) is -3.89. The Kier molecular flexibility index (Phi) is 4.71. The molecule has 134 valence electrons. The van der Waals surface area contributed by atoms with Crippen molar-refractivity contribution in [3.8, 4) is 10.4 Å². The minimum Gasteiger partial charge on any atom is -0.477 e. The Morgan fingerprint density at radius 2 is 1.81 bits per heavy atom. The molecule has 0 bridgehead atoms. The van der Waals surface area contributed by atoms with Crippen molar-refractivity contribution >= 4 is 38.7 Å². The van der Waals surface area contributed by atoms with Gasteiger partial charge < -0.3 is 10.8 Å². The number of hydrogen-bond donors (Lipinski definition) is 3. The quantitative estimate of drug-likeness (QED) is 0.576. The highest BCUT2D eigenvalue weighted by molar-refractivity contribution is 7.92. The molecule has 6 nitrogen and oxygen atoms in total. The summed E-state index contributed by atoms with van der Waals surface area (Å²) in [4.78, 5) is 12.2. The highest BCUT2D eigenvalue weighted by Gasteiger charge is 2.22. The molecule has 0 aliphatic rings. The number of nitrogens with one attached hydrogen (secondary N) is 1. The molecule has 0 unspecified atom stereocenters. The van der Waals surface area contributed by atoms with Crippen LogP contribution in [0.1, 0.15) is 15.2 Å². The fraction of sp³-hybridized carbons (Fsp3) is 0.0556. The van der Waals surface area contributed by atoms with Crippen molar-refractivity contribution in [2.24, 2.45) is 0 Å². The first-order valence-electron chi connectivity index (χ1n) is 7.59. The van der Waals surface area contributed by atoms with Crippen LogP contribution in [0.3, 0.4) is 0 Å². The van der Waals surface area contributed by atoms with Gasteiger partial charge in [-0.2, -0.15) is 0 Å². The number of aryl methyl sites for hydroxylation is 1. The Balaban J connectivity index is 2.01. The molecule has 0 amide bonds. The molecule has 3 aromatic rings. The number of carbonyl (C=O) groups is 1. The zero-order valence-electron chi connectivity index (χ0n) is 13.8. The van der Waals surface area contributed by atoms with E-state index in [-0.39, 0.29) is 15.5 Å². The highest BCUT2D eigenvalue weighted by atomic mass is 32.2. The van der Waals surface area contributed by atoms with E-state index in [1.54, 1.807) is 43.3 Å². The topological polar surface area (TPSA) is 109 Å². The van der Waals surface area contributed by atoms with E-state index >= 15 is 0 Å². The van der Waals surface area contributed by atoms with Gasteiger partial charge in [0.15, 0.2) is 0 Å². The molecular weight excluding hydrogens is 372 g/mol. The van der Waals surface area contributed by atoms with E-state index in [0.717, 1.165) is 22.5 Å². The summed E-state index contributed by atoms with van der Waals surface area (Å²) in [6.07, 6.45) is 0. The molecule has 3 rings (SSSR count). The number of benzene rings is 2. The molecule has 4 N–H and O–H groups in total. The average molecular weight is 388 g/mol. The number of nitrogen functional groups attached to an aromatic ring is 1. The number of carboxylic acid groups (broad SMARTS) is 1. The largest absolute Gasteiger partial charge is 0.477 e. The summed E-state index contributed by atoms with van der Waals surface area (Å²) >= 11 is 0.998. The lowest BCUT2D eigenvalue weighted by molar-refractivity contribution is 0.0703. The lowest BCUT2D eigenvalue weighted by Crippen LogP contribution is -2.14. The summed E-state index contributed by atoms with van der Waals surface area (Å²) in [6.45, 7) is 1.78. The fourth-order valence-corrected chi connectivity index (χ4v) is 4.59. The van der Waals surface area contributed by atoms with Gasteiger partial charge in [0.1, 0.15) is 4.88 Å². The summed E-state index contributed by atoms with van der Waals surface area (Å²) in [5, 5.41) is 9.44. The fourth-order valence-electron chi connectivity index (χ4n) is 2.40. The van der Waals surface area contributed by atoms with Gasteiger partial charge >= 0.3 is 5.97 Å². The van der Waals surface area contributed by atoms with E-state index in [4.69, 9.17) is 5.73 Å². The maximum atomic E-state index is 12.6. The summed E-state index contributed by atoms with van der Waals surface area (Å²) in [5.74, 6) is -1.20. The van der Waals surface area contributed by atoms with E-state index in [9.17, 15) is 18.3 Å². The first-order chi connectivity index (χ1) is 12.3. The Labute approximate surface area is 155 Å². The van der Waals surface area contributed by atoms with Crippen molar-refractivity contribution in [3.05, 3.63) is 65.0 Å². The van der Waals surface area contributed by atoms with Crippen molar-refractivity contribution in [3.63, 3.8) is 0 Å². The monoisotopic (exact) mass is 388 g/mol. The van der Waals surface area contributed by atoms with Gasteiger partial charge in [0.25, 0.3) is 10.0 Å². The minimum absolute atomic E-state index is 0.0378. The molecule has 0 radical (unpaired) electrons.